The van der Waals surface area contributed by atoms with Crippen LogP contribution in [0.1, 0.15) is 45.1 Å². The van der Waals surface area contributed by atoms with Crippen molar-refractivity contribution in [3.05, 3.63) is 28.2 Å². The average Bonchev–Trinajstić information content (AvgIpc) is 2.27. The van der Waals surface area contributed by atoms with Crippen LogP contribution >= 0.6 is 15.9 Å². The number of anilines is 1. The van der Waals surface area contributed by atoms with E-state index >= 15 is 0 Å². The molecule has 0 saturated heterocycles. The van der Waals surface area contributed by atoms with Crippen LogP contribution in [-0.2, 0) is 0 Å². The normalized spacial score (nSPS) is 12.5. The van der Waals surface area contributed by atoms with Crippen molar-refractivity contribution in [1.82, 2.24) is 0 Å². The summed E-state index contributed by atoms with van der Waals surface area (Å²) < 4.78 is 1.15. The third-order valence-corrected chi connectivity index (χ3v) is 3.44. The Hall–Kier alpha value is -0.500. The lowest BCUT2D eigenvalue weighted by Crippen LogP contribution is -2.18. The molecule has 1 aromatic rings. The molecule has 90 valence electrons. The molecule has 1 rings (SSSR count). The van der Waals surface area contributed by atoms with Crippen molar-refractivity contribution in [2.24, 2.45) is 0 Å². The zero-order valence-corrected chi connectivity index (χ0v) is 12.1. The molecule has 1 unspecified atom stereocenters. The smallest absolute Gasteiger partial charge is 0.0372 e. The second-order valence-electron chi connectivity index (χ2n) is 4.35. The molecule has 0 bridgehead atoms. The molecule has 0 radical (unpaired) electrons. The van der Waals surface area contributed by atoms with Gasteiger partial charge in [0.15, 0.2) is 0 Å². The lowest BCUT2D eigenvalue weighted by atomic mass is 10.1. The summed E-state index contributed by atoms with van der Waals surface area (Å²) in [6.45, 7) is 6.65. The Labute approximate surface area is 108 Å². The van der Waals surface area contributed by atoms with E-state index in [0.717, 1.165) is 4.47 Å². The summed E-state index contributed by atoms with van der Waals surface area (Å²) in [6.07, 6.45) is 5.04. The number of hydrogen-bond donors (Lipinski definition) is 1. The summed E-state index contributed by atoms with van der Waals surface area (Å²) >= 11 is 3.49. The van der Waals surface area contributed by atoms with Crippen LogP contribution in [0.15, 0.2) is 22.7 Å². The van der Waals surface area contributed by atoms with Crippen LogP contribution in [0.25, 0.3) is 0 Å². The molecule has 0 amide bonds. The van der Waals surface area contributed by atoms with Gasteiger partial charge in [0.2, 0.25) is 0 Å². The van der Waals surface area contributed by atoms with Crippen LogP contribution in [0.2, 0.25) is 0 Å². The van der Waals surface area contributed by atoms with Gasteiger partial charge in [-0.3, -0.25) is 0 Å². The van der Waals surface area contributed by atoms with Crippen molar-refractivity contribution in [3.63, 3.8) is 0 Å². The van der Waals surface area contributed by atoms with Crippen LogP contribution in [0.5, 0.6) is 0 Å². The van der Waals surface area contributed by atoms with Crippen LogP contribution in [0, 0.1) is 6.92 Å². The number of unbranched alkanes of at least 4 members (excludes halogenated alkanes) is 1. The number of aryl methyl sites for hydroxylation is 1. The lowest BCUT2D eigenvalue weighted by molar-refractivity contribution is 0.593. The van der Waals surface area contributed by atoms with Gasteiger partial charge in [0, 0.05) is 16.2 Å². The highest BCUT2D eigenvalue weighted by Gasteiger charge is 2.07. The van der Waals surface area contributed by atoms with E-state index < -0.39 is 0 Å². The molecule has 1 N–H and O–H groups in total. The minimum Gasteiger partial charge on any atom is -0.382 e. The van der Waals surface area contributed by atoms with E-state index in [1.807, 2.05) is 0 Å². The third kappa shape index (κ3) is 4.17. The SMILES string of the molecule is CCCCC(CC)Nc1ccc(Br)cc1C. The molecule has 0 fully saturated rings. The first kappa shape index (κ1) is 13.6. The topological polar surface area (TPSA) is 12.0 Å². The summed E-state index contributed by atoms with van der Waals surface area (Å²) in [5.41, 5.74) is 2.58. The van der Waals surface area contributed by atoms with Gasteiger partial charge in [-0.15, -0.1) is 0 Å². The Morgan fingerprint density at radius 3 is 2.62 bits per heavy atom. The summed E-state index contributed by atoms with van der Waals surface area (Å²) in [5.74, 6) is 0. The highest BCUT2D eigenvalue weighted by atomic mass is 79.9. The summed E-state index contributed by atoms with van der Waals surface area (Å²) in [4.78, 5) is 0. The van der Waals surface area contributed by atoms with Gasteiger partial charge < -0.3 is 5.32 Å². The molecule has 0 aromatic heterocycles. The largest absolute Gasteiger partial charge is 0.382 e. The second-order valence-corrected chi connectivity index (χ2v) is 5.27. The van der Waals surface area contributed by atoms with E-state index in [2.05, 4.69) is 60.2 Å². The highest BCUT2D eigenvalue weighted by Crippen LogP contribution is 2.22. The Kier molecular flexibility index (Phi) is 5.89. The summed E-state index contributed by atoms with van der Waals surface area (Å²) in [7, 11) is 0. The number of rotatable bonds is 6. The van der Waals surface area contributed by atoms with Gasteiger partial charge in [-0.2, -0.15) is 0 Å². The van der Waals surface area contributed by atoms with E-state index in [0.29, 0.717) is 6.04 Å². The first-order chi connectivity index (χ1) is 7.67. The van der Waals surface area contributed by atoms with Crippen LogP contribution in [0.3, 0.4) is 0 Å². The van der Waals surface area contributed by atoms with E-state index in [1.54, 1.807) is 0 Å². The summed E-state index contributed by atoms with van der Waals surface area (Å²) in [6, 6.07) is 7.03. The minimum absolute atomic E-state index is 0.611. The predicted octanol–water partition coefficient (Wildman–Crippen LogP) is 5.14. The summed E-state index contributed by atoms with van der Waals surface area (Å²) in [5, 5.41) is 3.64. The monoisotopic (exact) mass is 283 g/mol. The van der Waals surface area contributed by atoms with Crippen molar-refractivity contribution in [3.8, 4) is 0 Å². The standard InChI is InChI=1S/C14H22BrN/c1-4-6-7-13(5-2)16-14-9-8-12(15)10-11(14)3/h8-10,13,16H,4-7H2,1-3H3. The fourth-order valence-corrected chi connectivity index (χ4v) is 2.31. The predicted molar refractivity (Wildman–Crippen MR) is 76.1 cm³/mol. The van der Waals surface area contributed by atoms with Gasteiger partial charge in [-0.1, -0.05) is 42.6 Å². The molecule has 1 nitrogen and oxygen atoms in total. The zero-order chi connectivity index (χ0) is 12.0. The van der Waals surface area contributed by atoms with Crippen molar-refractivity contribution < 1.29 is 0 Å². The van der Waals surface area contributed by atoms with Gasteiger partial charge >= 0.3 is 0 Å². The fraction of sp³-hybridized carbons (Fsp3) is 0.571. The molecule has 0 aliphatic rings. The van der Waals surface area contributed by atoms with Crippen molar-refractivity contribution in [2.45, 2.75) is 52.5 Å². The minimum atomic E-state index is 0.611. The van der Waals surface area contributed by atoms with Gasteiger partial charge in [0.1, 0.15) is 0 Å². The molecule has 0 aliphatic heterocycles. The Balaban J connectivity index is 2.62. The van der Waals surface area contributed by atoms with E-state index in [1.165, 1.54) is 36.9 Å². The molecule has 0 saturated carbocycles. The van der Waals surface area contributed by atoms with Crippen molar-refractivity contribution >= 4 is 21.6 Å². The van der Waals surface area contributed by atoms with E-state index in [9.17, 15) is 0 Å². The molecule has 16 heavy (non-hydrogen) atoms. The Morgan fingerprint density at radius 2 is 2.06 bits per heavy atom. The van der Waals surface area contributed by atoms with Gasteiger partial charge in [0.05, 0.1) is 0 Å². The number of benzene rings is 1. The zero-order valence-electron chi connectivity index (χ0n) is 10.5. The maximum absolute atomic E-state index is 3.64. The third-order valence-electron chi connectivity index (χ3n) is 2.95. The fourth-order valence-electron chi connectivity index (χ4n) is 1.84. The van der Waals surface area contributed by atoms with Gasteiger partial charge in [-0.05, 0) is 43.5 Å². The van der Waals surface area contributed by atoms with Crippen LogP contribution < -0.4 is 5.32 Å². The Bertz CT molecular complexity index is 323. The van der Waals surface area contributed by atoms with Gasteiger partial charge in [0.25, 0.3) is 0 Å². The first-order valence-electron chi connectivity index (χ1n) is 6.20. The molecular formula is C14H22BrN. The van der Waals surface area contributed by atoms with E-state index in [4.69, 9.17) is 0 Å². The van der Waals surface area contributed by atoms with Crippen molar-refractivity contribution in [2.75, 3.05) is 5.32 Å². The molecule has 1 aromatic carbocycles. The maximum atomic E-state index is 3.64. The number of hydrogen-bond acceptors (Lipinski definition) is 1. The van der Waals surface area contributed by atoms with Crippen LogP contribution in [0.4, 0.5) is 5.69 Å². The van der Waals surface area contributed by atoms with Gasteiger partial charge in [-0.25, -0.2) is 0 Å². The molecule has 0 spiro atoms. The average molecular weight is 284 g/mol. The molecular weight excluding hydrogens is 262 g/mol. The van der Waals surface area contributed by atoms with Crippen molar-refractivity contribution in [1.29, 1.82) is 0 Å². The Morgan fingerprint density at radius 1 is 1.31 bits per heavy atom. The first-order valence-corrected chi connectivity index (χ1v) is 6.99. The number of nitrogens with one attached hydrogen (secondary N) is 1. The van der Waals surface area contributed by atoms with Crippen LogP contribution in [-0.4, -0.2) is 6.04 Å². The number of halogens is 1. The maximum Gasteiger partial charge on any atom is 0.0372 e. The molecule has 0 heterocycles. The quantitative estimate of drug-likeness (QED) is 0.762. The molecule has 2 heteroatoms. The van der Waals surface area contributed by atoms with E-state index in [-0.39, 0.29) is 0 Å². The molecule has 0 aliphatic carbocycles. The lowest BCUT2D eigenvalue weighted by Gasteiger charge is -2.19. The molecule has 1 atom stereocenters. The highest BCUT2D eigenvalue weighted by molar-refractivity contribution is 9.10. The second kappa shape index (κ2) is 6.95.